The summed E-state index contributed by atoms with van der Waals surface area (Å²) in [5.41, 5.74) is 1.06. The first-order valence-electron chi connectivity index (χ1n) is 6.74. The second-order valence-corrected chi connectivity index (χ2v) is 5.34. The monoisotopic (exact) mass is 238 g/mol. The van der Waals surface area contributed by atoms with Gasteiger partial charge in [0.25, 0.3) is 0 Å². The van der Waals surface area contributed by atoms with Crippen LogP contribution in [0, 0.1) is 11.8 Å². The zero-order valence-electron chi connectivity index (χ0n) is 11.9. The summed E-state index contributed by atoms with van der Waals surface area (Å²) in [6.45, 7) is 9.68. The number of hydrogen-bond donors (Lipinski definition) is 0. The molecule has 1 aliphatic rings. The van der Waals surface area contributed by atoms with Crippen molar-refractivity contribution in [3.63, 3.8) is 0 Å². The van der Waals surface area contributed by atoms with Gasteiger partial charge in [0.05, 0.1) is 25.4 Å². The van der Waals surface area contributed by atoms with Crippen LogP contribution in [-0.2, 0) is 4.74 Å². The Hall–Kier alpha value is -0.860. The van der Waals surface area contributed by atoms with Crippen molar-refractivity contribution in [2.45, 2.75) is 53.0 Å². The molecule has 98 valence electrons. The van der Waals surface area contributed by atoms with Crippen molar-refractivity contribution in [3.8, 4) is 0 Å². The fourth-order valence-electron chi connectivity index (χ4n) is 2.31. The zero-order chi connectivity index (χ0) is 12.8. The Morgan fingerprint density at radius 3 is 2.59 bits per heavy atom. The maximum atomic E-state index is 5.40. The molecule has 0 aliphatic carbocycles. The second kappa shape index (κ2) is 6.77. The molecule has 0 N–H and O–H groups in total. The van der Waals surface area contributed by atoms with Gasteiger partial charge < -0.3 is 4.74 Å². The summed E-state index contributed by atoms with van der Waals surface area (Å²) in [4.78, 5) is 9.38. The smallest absolute Gasteiger partial charge is 0.230 e. The highest BCUT2D eigenvalue weighted by molar-refractivity contribution is 6.40. The summed E-state index contributed by atoms with van der Waals surface area (Å²) in [5, 5.41) is 0. The van der Waals surface area contributed by atoms with Crippen molar-refractivity contribution in [1.82, 2.24) is 0 Å². The molecule has 2 atom stereocenters. The minimum Gasteiger partial charge on any atom is -0.480 e. The van der Waals surface area contributed by atoms with Crippen LogP contribution in [0.3, 0.4) is 0 Å². The minimum absolute atomic E-state index is 0.308. The van der Waals surface area contributed by atoms with E-state index in [9.17, 15) is 0 Å². The first-order chi connectivity index (χ1) is 8.08. The third-order valence-electron chi connectivity index (χ3n) is 3.12. The van der Waals surface area contributed by atoms with E-state index in [4.69, 9.17) is 9.73 Å². The van der Waals surface area contributed by atoms with Crippen molar-refractivity contribution in [2.75, 3.05) is 13.7 Å². The molecule has 0 saturated carbocycles. The molecule has 0 aromatic heterocycles. The Labute approximate surface area is 105 Å². The van der Waals surface area contributed by atoms with Crippen LogP contribution in [0.25, 0.3) is 0 Å². The van der Waals surface area contributed by atoms with Crippen molar-refractivity contribution in [1.29, 1.82) is 0 Å². The van der Waals surface area contributed by atoms with E-state index in [0.29, 0.717) is 17.9 Å². The quantitative estimate of drug-likeness (QED) is 0.723. The fraction of sp³-hybridized carbons (Fsp3) is 0.857. The molecule has 0 fully saturated rings. The summed E-state index contributed by atoms with van der Waals surface area (Å²) < 4.78 is 5.40. The zero-order valence-corrected chi connectivity index (χ0v) is 11.9. The number of rotatable bonds is 5. The predicted octanol–water partition coefficient (Wildman–Crippen LogP) is 3.34. The lowest BCUT2D eigenvalue weighted by Gasteiger charge is -2.23. The highest BCUT2D eigenvalue weighted by Gasteiger charge is 2.23. The van der Waals surface area contributed by atoms with Crippen LogP contribution < -0.4 is 0 Å². The van der Waals surface area contributed by atoms with Crippen LogP contribution in [0.1, 0.15) is 47.0 Å². The van der Waals surface area contributed by atoms with Crippen LogP contribution in [0.5, 0.6) is 0 Å². The maximum Gasteiger partial charge on any atom is 0.230 e. The van der Waals surface area contributed by atoms with Crippen molar-refractivity contribution < 1.29 is 4.74 Å². The van der Waals surface area contributed by atoms with Gasteiger partial charge in [-0.25, -0.2) is 4.99 Å². The van der Waals surface area contributed by atoms with Gasteiger partial charge in [0.2, 0.25) is 5.90 Å². The van der Waals surface area contributed by atoms with Crippen LogP contribution in [0.4, 0.5) is 0 Å². The van der Waals surface area contributed by atoms with Crippen molar-refractivity contribution in [3.05, 3.63) is 0 Å². The lowest BCUT2D eigenvalue weighted by atomic mass is 9.97. The topological polar surface area (TPSA) is 34.0 Å². The molecule has 1 heterocycles. The van der Waals surface area contributed by atoms with Gasteiger partial charge in [-0.15, -0.1) is 0 Å². The highest BCUT2D eigenvalue weighted by atomic mass is 16.5. The van der Waals surface area contributed by atoms with Crippen LogP contribution in [0.2, 0.25) is 0 Å². The first kappa shape index (κ1) is 14.2. The van der Waals surface area contributed by atoms with E-state index < -0.39 is 0 Å². The Balaban J connectivity index is 2.70. The molecule has 3 heteroatoms. The predicted molar refractivity (Wildman–Crippen MR) is 74.1 cm³/mol. The molecule has 0 aromatic carbocycles. The third-order valence-corrected chi connectivity index (χ3v) is 3.12. The number of ether oxygens (including phenoxy) is 1. The van der Waals surface area contributed by atoms with Gasteiger partial charge in [-0.05, 0) is 18.8 Å². The Morgan fingerprint density at radius 2 is 2.06 bits per heavy atom. The molecule has 0 amide bonds. The lowest BCUT2D eigenvalue weighted by molar-refractivity contribution is 0.392. The Bertz CT molecular complexity index is 295. The molecule has 0 saturated heterocycles. The molecule has 1 rings (SSSR count). The normalized spacial score (nSPS) is 22.1. The summed E-state index contributed by atoms with van der Waals surface area (Å²) in [6, 6.07) is 0.308. The highest BCUT2D eigenvalue weighted by Crippen LogP contribution is 2.17. The lowest BCUT2D eigenvalue weighted by Crippen LogP contribution is -2.32. The van der Waals surface area contributed by atoms with E-state index in [1.165, 1.54) is 6.42 Å². The van der Waals surface area contributed by atoms with Crippen LogP contribution in [0.15, 0.2) is 9.98 Å². The van der Waals surface area contributed by atoms with E-state index in [1.54, 1.807) is 7.11 Å². The molecular weight excluding hydrogens is 212 g/mol. The summed E-state index contributed by atoms with van der Waals surface area (Å²) >= 11 is 0. The summed E-state index contributed by atoms with van der Waals surface area (Å²) in [7, 11) is 1.70. The second-order valence-electron chi connectivity index (χ2n) is 5.34. The molecule has 17 heavy (non-hydrogen) atoms. The van der Waals surface area contributed by atoms with E-state index in [-0.39, 0.29) is 0 Å². The summed E-state index contributed by atoms with van der Waals surface area (Å²) in [5.74, 6) is 1.88. The van der Waals surface area contributed by atoms with E-state index in [2.05, 4.69) is 32.7 Å². The average Bonchev–Trinajstić information content (AvgIpc) is 2.28. The third kappa shape index (κ3) is 4.14. The largest absolute Gasteiger partial charge is 0.480 e. The number of methoxy groups -OCH3 is 1. The van der Waals surface area contributed by atoms with Crippen LogP contribution in [-0.4, -0.2) is 31.3 Å². The van der Waals surface area contributed by atoms with Gasteiger partial charge in [0.15, 0.2) is 0 Å². The van der Waals surface area contributed by atoms with Gasteiger partial charge in [0.1, 0.15) is 0 Å². The Kier molecular flexibility index (Phi) is 5.66. The van der Waals surface area contributed by atoms with Crippen LogP contribution >= 0.6 is 0 Å². The van der Waals surface area contributed by atoms with Gasteiger partial charge in [-0.2, -0.15) is 0 Å². The minimum atomic E-state index is 0.308. The molecule has 0 radical (unpaired) electrons. The first-order valence-corrected chi connectivity index (χ1v) is 6.74. The number of hydrogen-bond acceptors (Lipinski definition) is 3. The molecular formula is C14H26N2O. The summed E-state index contributed by atoms with van der Waals surface area (Å²) in [6.07, 6.45) is 3.41. The molecule has 1 unspecified atom stereocenters. The molecule has 0 spiro atoms. The number of nitrogens with zero attached hydrogens (tertiary/aromatic N) is 2. The molecule has 0 aromatic rings. The fourth-order valence-corrected chi connectivity index (χ4v) is 2.31. The average molecular weight is 238 g/mol. The van der Waals surface area contributed by atoms with E-state index >= 15 is 0 Å². The Morgan fingerprint density at radius 1 is 1.35 bits per heavy atom. The molecule has 0 bridgehead atoms. The van der Waals surface area contributed by atoms with Gasteiger partial charge in [0, 0.05) is 5.92 Å². The molecule has 3 nitrogen and oxygen atoms in total. The SMILES string of the molecule is CCC[C@H](C)C1=NCC(CC(C)C)N=C1OC. The van der Waals surface area contributed by atoms with Crippen molar-refractivity contribution in [2.24, 2.45) is 21.8 Å². The van der Waals surface area contributed by atoms with Gasteiger partial charge >= 0.3 is 0 Å². The number of aliphatic imine (C=N–C) groups is 2. The van der Waals surface area contributed by atoms with Crippen molar-refractivity contribution >= 4 is 11.6 Å². The van der Waals surface area contributed by atoms with Gasteiger partial charge in [-0.1, -0.05) is 34.1 Å². The van der Waals surface area contributed by atoms with Gasteiger partial charge in [-0.3, -0.25) is 4.99 Å². The standard InChI is InChI=1S/C14H26N2O/c1-6-7-11(4)13-14(17-5)16-12(9-15-13)8-10(2)3/h10-12H,6-9H2,1-5H3/t11-,12?/m0/s1. The van der Waals surface area contributed by atoms with E-state index in [0.717, 1.165) is 31.0 Å². The van der Waals surface area contributed by atoms with E-state index in [1.807, 2.05) is 0 Å². The molecule has 1 aliphatic heterocycles. The maximum absolute atomic E-state index is 5.40.